The predicted octanol–water partition coefficient (Wildman–Crippen LogP) is 5.58. The predicted molar refractivity (Wildman–Crippen MR) is 108 cm³/mol. The fraction of sp³-hybridized carbons (Fsp3) is 0.130. The van der Waals surface area contributed by atoms with E-state index in [0.29, 0.717) is 0 Å². The van der Waals surface area contributed by atoms with Gasteiger partial charge in [-0.1, -0.05) is 59.7 Å². The van der Waals surface area contributed by atoms with Gasteiger partial charge < -0.3 is 5.32 Å². The van der Waals surface area contributed by atoms with Crippen LogP contribution in [0.2, 0.25) is 0 Å². The Bertz CT molecular complexity index is 949. The van der Waals surface area contributed by atoms with Gasteiger partial charge in [0.1, 0.15) is 0 Å². The minimum atomic E-state index is 0.742. The number of anilines is 2. The first-order chi connectivity index (χ1) is 12.7. The summed E-state index contributed by atoms with van der Waals surface area (Å²) in [7, 11) is 0. The van der Waals surface area contributed by atoms with Crippen molar-refractivity contribution in [3.8, 4) is 0 Å². The van der Waals surface area contributed by atoms with Gasteiger partial charge in [-0.2, -0.15) is 0 Å². The van der Waals surface area contributed by atoms with Gasteiger partial charge in [0.25, 0.3) is 0 Å². The molecule has 4 aromatic rings. The van der Waals surface area contributed by atoms with Crippen LogP contribution < -0.4 is 5.32 Å². The number of fused-ring (bicyclic) bond motifs is 1. The number of hydrogen-bond donors (Lipinski definition) is 1. The Morgan fingerprint density at radius 3 is 1.92 bits per heavy atom. The zero-order valence-electron chi connectivity index (χ0n) is 15.0. The van der Waals surface area contributed by atoms with Crippen molar-refractivity contribution in [1.29, 1.82) is 0 Å². The number of rotatable bonds is 4. The molecule has 0 bridgehead atoms. The van der Waals surface area contributed by atoms with E-state index in [9.17, 15) is 0 Å². The summed E-state index contributed by atoms with van der Waals surface area (Å²) in [6, 6.07) is 24.9. The van der Waals surface area contributed by atoms with Gasteiger partial charge in [0.05, 0.1) is 16.7 Å². The second-order valence-electron chi connectivity index (χ2n) is 6.66. The molecular weight excluding hydrogens is 318 g/mol. The van der Waals surface area contributed by atoms with E-state index in [1.807, 2.05) is 24.3 Å². The van der Waals surface area contributed by atoms with Crippen molar-refractivity contribution in [3.63, 3.8) is 0 Å². The SMILES string of the molecule is Cc1ccc(Cc2nc3ccccc3nc2Nc2ccc(C)cc2)cc1. The summed E-state index contributed by atoms with van der Waals surface area (Å²) < 4.78 is 0. The molecule has 0 atom stereocenters. The second-order valence-corrected chi connectivity index (χ2v) is 6.66. The first-order valence-corrected chi connectivity index (χ1v) is 8.82. The third kappa shape index (κ3) is 3.57. The Labute approximate surface area is 153 Å². The molecule has 0 saturated heterocycles. The van der Waals surface area contributed by atoms with Crippen LogP contribution in [0.15, 0.2) is 72.8 Å². The monoisotopic (exact) mass is 339 g/mol. The Morgan fingerprint density at radius 2 is 1.27 bits per heavy atom. The van der Waals surface area contributed by atoms with Crippen LogP contribution in [0.4, 0.5) is 11.5 Å². The number of nitrogens with one attached hydrogen (secondary N) is 1. The molecule has 1 aromatic heterocycles. The minimum Gasteiger partial charge on any atom is -0.339 e. The maximum Gasteiger partial charge on any atom is 0.153 e. The third-order valence-electron chi connectivity index (χ3n) is 4.45. The summed E-state index contributed by atoms with van der Waals surface area (Å²) in [4.78, 5) is 9.71. The largest absolute Gasteiger partial charge is 0.339 e. The average molecular weight is 339 g/mol. The van der Waals surface area contributed by atoms with Gasteiger partial charge in [-0.25, -0.2) is 9.97 Å². The van der Waals surface area contributed by atoms with Crippen molar-refractivity contribution < 1.29 is 0 Å². The van der Waals surface area contributed by atoms with E-state index in [1.165, 1.54) is 16.7 Å². The molecule has 3 nitrogen and oxygen atoms in total. The molecule has 128 valence electrons. The lowest BCUT2D eigenvalue weighted by Gasteiger charge is -2.12. The molecule has 0 unspecified atom stereocenters. The summed E-state index contributed by atoms with van der Waals surface area (Å²) in [5, 5.41) is 3.45. The number of nitrogens with zero attached hydrogens (tertiary/aromatic N) is 2. The molecule has 3 heteroatoms. The van der Waals surface area contributed by atoms with Crippen LogP contribution in [0.25, 0.3) is 11.0 Å². The number of aromatic nitrogens is 2. The van der Waals surface area contributed by atoms with E-state index in [4.69, 9.17) is 9.97 Å². The normalized spacial score (nSPS) is 10.8. The molecule has 0 radical (unpaired) electrons. The summed E-state index contributed by atoms with van der Waals surface area (Å²) in [6.07, 6.45) is 0.742. The Morgan fingerprint density at radius 1 is 0.692 bits per heavy atom. The first-order valence-electron chi connectivity index (χ1n) is 8.82. The van der Waals surface area contributed by atoms with Crippen molar-refractivity contribution in [3.05, 3.63) is 95.2 Å². The topological polar surface area (TPSA) is 37.8 Å². The molecular formula is C23H21N3. The van der Waals surface area contributed by atoms with Gasteiger partial charge in [0, 0.05) is 12.1 Å². The van der Waals surface area contributed by atoms with Crippen LogP contribution >= 0.6 is 0 Å². The summed E-state index contributed by atoms with van der Waals surface area (Å²) in [5.41, 5.74) is 7.51. The lowest BCUT2D eigenvalue weighted by atomic mass is 10.1. The molecule has 4 rings (SSSR count). The quantitative estimate of drug-likeness (QED) is 0.527. The zero-order chi connectivity index (χ0) is 17.9. The first kappa shape index (κ1) is 16.3. The van der Waals surface area contributed by atoms with Gasteiger partial charge in [-0.3, -0.25) is 0 Å². The molecule has 0 aliphatic carbocycles. The lowest BCUT2D eigenvalue weighted by molar-refractivity contribution is 1.07. The molecule has 0 aliphatic rings. The van der Waals surface area contributed by atoms with Crippen LogP contribution in [0.5, 0.6) is 0 Å². The molecule has 0 amide bonds. The maximum atomic E-state index is 4.88. The Kier molecular flexibility index (Phi) is 4.36. The van der Waals surface area contributed by atoms with Crippen molar-refractivity contribution in [2.45, 2.75) is 20.3 Å². The highest BCUT2D eigenvalue weighted by Gasteiger charge is 2.10. The number of hydrogen-bond acceptors (Lipinski definition) is 3. The van der Waals surface area contributed by atoms with Crippen molar-refractivity contribution in [2.75, 3.05) is 5.32 Å². The van der Waals surface area contributed by atoms with Crippen LogP contribution in [0, 0.1) is 13.8 Å². The Hall–Kier alpha value is -3.20. The van der Waals surface area contributed by atoms with Gasteiger partial charge in [0.2, 0.25) is 0 Å². The number of aryl methyl sites for hydroxylation is 2. The van der Waals surface area contributed by atoms with E-state index in [1.54, 1.807) is 0 Å². The molecule has 1 N–H and O–H groups in total. The molecule has 26 heavy (non-hydrogen) atoms. The van der Waals surface area contributed by atoms with E-state index >= 15 is 0 Å². The molecule has 0 spiro atoms. The van der Waals surface area contributed by atoms with Crippen LogP contribution in [-0.2, 0) is 6.42 Å². The number of para-hydroxylation sites is 2. The second kappa shape index (κ2) is 6.96. The van der Waals surface area contributed by atoms with Crippen molar-refractivity contribution >= 4 is 22.5 Å². The summed E-state index contributed by atoms with van der Waals surface area (Å²) in [6.45, 7) is 4.19. The highest BCUT2D eigenvalue weighted by atomic mass is 15.0. The molecule has 3 aromatic carbocycles. The molecule has 1 heterocycles. The maximum absolute atomic E-state index is 4.88. The zero-order valence-corrected chi connectivity index (χ0v) is 15.0. The Balaban J connectivity index is 1.75. The van der Waals surface area contributed by atoms with Gasteiger partial charge in [-0.15, -0.1) is 0 Å². The molecule has 0 aliphatic heterocycles. The highest BCUT2D eigenvalue weighted by molar-refractivity contribution is 5.77. The van der Waals surface area contributed by atoms with Gasteiger partial charge in [0.15, 0.2) is 5.82 Å². The van der Waals surface area contributed by atoms with Gasteiger partial charge >= 0.3 is 0 Å². The van der Waals surface area contributed by atoms with E-state index in [-0.39, 0.29) is 0 Å². The smallest absolute Gasteiger partial charge is 0.153 e. The number of benzene rings is 3. The van der Waals surface area contributed by atoms with Crippen molar-refractivity contribution in [2.24, 2.45) is 0 Å². The van der Waals surface area contributed by atoms with Crippen LogP contribution in [0.1, 0.15) is 22.4 Å². The minimum absolute atomic E-state index is 0.742. The van der Waals surface area contributed by atoms with E-state index in [0.717, 1.165) is 34.7 Å². The fourth-order valence-electron chi connectivity index (χ4n) is 2.93. The lowest BCUT2D eigenvalue weighted by Crippen LogP contribution is -2.04. The third-order valence-corrected chi connectivity index (χ3v) is 4.45. The summed E-state index contributed by atoms with van der Waals surface area (Å²) >= 11 is 0. The van der Waals surface area contributed by atoms with Crippen molar-refractivity contribution in [1.82, 2.24) is 9.97 Å². The van der Waals surface area contributed by atoms with E-state index in [2.05, 4.69) is 67.7 Å². The summed E-state index contributed by atoms with van der Waals surface area (Å²) in [5.74, 6) is 0.813. The molecule has 0 fully saturated rings. The standard InChI is InChI=1S/C23H21N3/c1-16-7-11-18(12-8-16)15-22-23(24-19-13-9-17(2)10-14-19)26-21-6-4-3-5-20(21)25-22/h3-14H,15H2,1-2H3,(H,24,26). The molecule has 0 saturated carbocycles. The van der Waals surface area contributed by atoms with Crippen LogP contribution in [-0.4, -0.2) is 9.97 Å². The fourth-order valence-corrected chi connectivity index (χ4v) is 2.93. The van der Waals surface area contributed by atoms with Crippen LogP contribution in [0.3, 0.4) is 0 Å². The highest BCUT2D eigenvalue weighted by Crippen LogP contribution is 2.23. The van der Waals surface area contributed by atoms with Gasteiger partial charge in [-0.05, 0) is 43.7 Å². The average Bonchev–Trinajstić information content (AvgIpc) is 2.66. The van der Waals surface area contributed by atoms with E-state index < -0.39 is 0 Å².